The molecule has 1 aromatic heterocycles. The molecule has 0 saturated carbocycles. The summed E-state index contributed by atoms with van der Waals surface area (Å²) in [4.78, 5) is 30.0. The maximum absolute atomic E-state index is 13.2. The van der Waals surface area contributed by atoms with E-state index in [1.165, 1.54) is 6.26 Å². The zero-order valence-electron chi connectivity index (χ0n) is 15.9. The summed E-state index contributed by atoms with van der Waals surface area (Å²) in [6, 6.07) is 9.75. The number of benzene rings is 1. The molecule has 1 aromatic carbocycles. The number of rotatable bonds is 3. The van der Waals surface area contributed by atoms with Gasteiger partial charge in [0.05, 0.1) is 5.41 Å². The Hall–Kier alpha value is -2.63. The Balaban J connectivity index is 1.56. The minimum absolute atomic E-state index is 0.110. The molecule has 3 heterocycles. The van der Waals surface area contributed by atoms with E-state index < -0.39 is 5.41 Å². The average Bonchev–Trinajstić information content (AvgIpc) is 3.32. The third-order valence-electron chi connectivity index (χ3n) is 5.88. The molecule has 0 aliphatic carbocycles. The highest BCUT2D eigenvalue weighted by molar-refractivity contribution is 6.00. The number of carbonyl (C=O) groups excluding carboxylic acids is 2. The maximum Gasteiger partial charge on any atom is 0.259 e. The lowest BCUT2D eigenvalue weighted by molar-refractivity contribution is -0.147. The van der Waals surface area contributed by atoms with Crippen molar-refractivity contribution in [3.05, 3.63) is 42.2 Å². The predicted molar refractivity (Wildman–Crippen MR) is 101 cm³/mol. The second-order valence-electron chi connectivity index (χ2n) is 7.90. The molecule has 2 aliphatic heterocycles. The molecule has 2 fully saturated rings. The number of piperidine rings is 1. The quantitative estimate of drug-likeness (QED) is 0.835. The van der Waals surface area contributed by atoms with Gasteiger partial charge in [-0.15, -0.1) is 0 Å². The van der Waals surface area contributed by atoms with Gasteiger partial charge in [-0.3, -0.25) is 9.59 Å². The van der Waals surface area contributed by atoms with E-state index in [-0.39, 0.29) is 17.9 Å². The SMILES string of the molecule is CC(C)N1CCC[C@@]2(CCN(C(=O)c3conc3-c3ccccc3)C2)C1=O. The van der Waals surface area contributed by atoms with Crippen LogP contribution in [-0.4, -0.2) is 52.4 Å². The normalized spacial score (nSPS) is 22.9. The van der Waals surface area contributed by atoms with E-state index in [1.54, 1.807) is 4.90 Å². The zero-order valence-corrected chi connectivity index (χ0v) is 15.9. The van der Waals surface area contributed by atoms with Gasteiger partial charge in [0.25, 0.3) is 5.91 Å². The van der Waals surface area contributed by atoms with Crippen LogP contribution in [0.1, 0.15) is 43.5 Å². The monoisotopic (exact) mass is 367 g/mol. The second kappa shape index (κ2) is 6.83. The lowest BCUT2D eigenvalue weighted by atomic mass is 9.78. The third-order valence-corrected chi connectivity index (χ3v) is 5.88. The van der Waals surface area contributed by atoms with Gasteiger partial charge >= 0.3 is 0 Å². The minimum Gasteiger partial charge on any atom is -0.363 e. The molecule has 2 aromatic rings. The number of aromatic nitrogens is 1. The number of nitrogens with zero attached hydrogens (tertiary/aromatic N) is 3. The first-order valence-corrected chi connectivity index (χ1v) is 9.62. The number of carbonyl (C=O) groups is 2. The summed E-state index contributed by atoms with van der Waals surface area (Å²) in [7, 11) is 0. The van der Waals surface area contributed by atoms with Crippen LogP contribution in [0.3, 0.4) is 0 Å². The first kappa shape index (κ1) is 17.8. The Labute approximate surface area is 159 Å². The van der Waals surface area contributed by atoms with Crippen LogP contribution >= 0.6 is 0 Å². The Bertz CT molecular complexity index is 845. The molecule has 2 saturated heterocycles. The maximum atomic E-state index is 13.2. The van der Waals surface area contributed by atoms with Crippen LogP contribution in [0.4, 0.5) is 0 Å². The van der Waals surface area contributed by atoms with Gasteiger partial charge in [-0.25, -0.2) is 0 Å². The molecule has 1 atom stereocenters. The highest BCUT2D eigenvalue weighted by Crippen LogP contribution is 2.41. The fraction of sp³-hybridized carbons (Fsp3) is 0.476. The first-order chi connectivity index (χ1) is 13.0. The molecular formula is C21H25N3O3. The first-order valence-electron chi connectivity index (χ1n) is 9.62. The molecule has 2 amide bonds. The summed E-state index contributed by atoms with van der Waals surface area (Å²) in [5.41, 5.74) is 1.44. The van der Waals surface area contributed by atoms with Gasteiger partial charge in [0.15, 0.2) is 0 Å². The summed E-state index contributed by atoms with van der Waals surface area (Å²) in [6.45, 7) is 6.00. The van der Waals surface area contributed by atoms with Crippen molar-refractivity contribution < 1.29 is 14.1 Å². The molecule has 6 heteroatoms. The van der Waals surface area contributed by atoms with Gasteiger partial charge in [0.1, 0.15) is 17.5 Å². The number of likely N-dealkylation sites (tertiary alicyclic amines) is 2. The van der Waals surface area contributed by atoms with E-state index in [1.807, 2.05) is 35.2 Å². The molecule has 6 nitrogen and oxygen atoms in total. The highest BCUT2D eigenvalue weighted by atomic mass is 16.5. The fourth-order valence-electron chi connectivity index (χ4n) is 4.38. The largest absolute Gasteiger partial charge is 0.363 e. The molecule has 2 aliphatic rings. The standard InChI is InChI=1S/C21H25N3O3/c1-15(2)24-11-6-9-21(20(24)26)10-12-23(14-21)19(25)17-13-27-22-18(17)16-7-4-3-5-8-16/h3-5,7-8,13,15H,6,9-12,14H2,1-2H3/t21-/m0/s1. The summed E-state index contributed by atoms with van der Waals surface area (Å²) in [5.74, 6) is 0.0918. The second-order valence-corrected chi connectivity index (χ2v) is 7.90. The molecule has 142 valence electrons. The van der Waals surface area contributed by atoms with Gasteiger partial charge < -0.3 is 14.3 Å². The number of hydrogen-bond donors (Lipinski definition) is 0. The lowest BCUT2D eigenvalue weighted by Crippen LogP contribution is -2.52. The van der Waals surface area contributed by atoms with E-state index in [4.69, 9.17) is 4.52 Å². The Morgan fingerprint density at radius 1 is 1.19 bits per heavy atom. The Kier molecular flexibility index (Phi) is 4.50. The lowest BCUT2D eigenvalue weighted by Gasteiger charge is -2.41. The van der Waals surface area contributed by atoms with Crippen molar-refractivity contribution in [2.75, 3.05) is 19.6 Å². The predicted octanol–water partition coefficient (Wildman–Crippen LogP) is 3.20. The fourth-order valence-corrected chi connectivity index (χ4v) is 4.38. The van der Waals surface area contributed by atoms with Crippen molar-refractivity contribution in [1.82, 2.24) is 15.0 Å². The summed E-state index contributed by atoms with van der Waals surface area (Å²) >= 11 is 0. The summed E-state index contributed by atoms with van der Waals surface area (Å²) in [6.07, 6.45) is 3.99. The van der Waals surface area contributed by atoms with Crippen LogP contribution in [0, 0.1) is 5.41 Å². The van der Waals surface area contributed by atoms with Crippen molar-refractivity contribution in [3.8, 4) is 11.3 Å². The van der Waals surface area contributed by atoms with Gasteiger partial charge in [-0.2, -0.15) is 0 Å². The minimum atomic E-state index is -0.428. The topological polar surface area (TPSA) is 66.7 Å². The van der Waals surface area contributed by atoms with E-state index in [2.05, 4.69) is 19.0 Å². The highest BCUT2D eigenvalue weighted by Gasteiger charge is 2.50. The van der Waals surface area contributed by atoms with Crippen molar-refractivity contribution in [2.24, 2.45) is 5.41 Å². The van der Waals surface area contributed by atoms with Gasteiger partial charge in [0.2, 0.25) is 5.91 Å². The molecule has 27 heavy (non-hydrogen) atoms. The van der Waals surface area contributed by atoms with E-state index in [9.17, 15) is 9.59 Å². The van der Waals surface area contributed by atoms with Crippen LogP contribution in [0.5, 0.6) is 0 Å². The van der Waals surface area contributed by atoms with Crippen molar-refractivity contribution in [2.45, 2.75) is 39.2 Å². The van der Waals surface area contributed by atoms with E-state index in [0.29, 0.717) is 24.3 Å². The van der Waals surface area contributed by atoms with E-state index >= 15 is 0 Å². The molecule has 1 spiro atoms. The van der Waals surface area contributed by atoms with Gasteiger partial charge in [0, 0.05) is 31.2 Å². The zero-order chi connectivity index (χ0) is 19.0. The number of hydrogen-bond acceptors (Lipinski definition) is 4. The molecule has 4 rings (SSSR count). The molecular weight excluding hydrogens is 342 g/mol. The van der Waals surface area contributed by atoms with Crippen LogP contribution in [0.2, 0.25) is 0 Å². The average molecular weight is 367 g/mol. The molecule has 0 bridgehead atoms. The molecule has 0 unspecified atom stereocenters. The van der Waals surface area contributed by atoms with Crippen LogP contribution in [-0.2, 0) is 4.79 Å². The summed E-state index contributed by atoms with van der Waals surface area (Å²) < 4.78 is 5.11. The van der Waals surface area contributed by atoms with Crippen LogP contribution < -0.4 is 0 Å². The Morgan fingerprint density at radius 2 is 1.96 bits per heavy atom. The Morgan fingerprint density at radius 3 is 2.70 bits per heavy atom. The molecule has 0 N–H and O–H groups in total. The smallest absolute Gasteiger partial charge is 0.259 e. The third kappa shape index (κ3) is 3.03. The number of amides is 2. The van der Waals surface area contributed by atoms with E-state index in [0.717, 1.165) is 31.4 Å². The molecule has 0 radical (unpaired) electrons. The van der Waals surface area contributed by atoms with Crippen LogP contribution in [0.15, 0.2) is 41.1 Å². The van der Waals surface area contributed by atoms with Gasteiger partial charge in [-0.05, 0) is 33.1 Å². The van der Waals surface area contributed by atoms with Crippen molar-refractivity contribution in [1.29, 1.82) is 0 Å². The van der Waals surface area contributed by atoms with Gasteiger partial charge in [-0.1, -0.05) is 35.5 Å². The van der Waals surface area contributed by atoms with Crippen molar-refractivity contribution >= 4 is 11.8 Å². The van der Waals surface area contributed by atoms with Crippen LogP contribution in [0.25, 0.3) is 11.3 Å². The summed E-state index contributed by atoms with van der Waals surface area (Å²) in [5, 5.41) is 4.04. The van der Waals surface area contributed by atoms with Crippen molar-refractivity contribution in [3.63, 3.8) is 0 Å².